The highest BCUT2D eigenvalue weighted by molar-refractivity contribution is 8.00. The molecule has 0 spiro atoms. The van der Waals surface area contributed by atoms with Gasteiger partial charge in [-0.2, -0.15) is 11.8 Å². The van der Waals surface area contributed by atoms with Gasteiger partial charge in [-0.15, -0.1) is 0 Å². The van der Waals surface area contributed by atoms with Crippen molar-refractivity contribution in [3.05, 3.63) is 0 Å². The lowest BCUT2D eigenvalue weighted by atomic mass is 9.91. The molecule has 5 nitrogen and oxygen atoms in total. The molecule has 1 saturated heterocycles. The van der Waals surface area contributed by atoms with Gasteiger partial charge >= 0.3 is 6.09 Å². The number of amides is 1. The molecule has 1 saturated carbocycles. The van der Waals surface area contributed by atoms with Crippen molar-refractivity contribution in [1.82, 2.24) is 5.32 Å². The van der Waals surface area contributed by atoms with E-state index in [1.807, 2.05) is 0 Å². The summed E-state index contributed by atoms with van der Waals surface area (Å²) in [6.45, 7) is 0. The lowest BCUT2D eigenvalue weighted by molar-refractivity contribution is 0.189. The number of nitrogens with zero attached hydrogens (tertiary/aromatic N) is 1. The first-order chi connectivity index (χ1) is 7.72. The number of nitrogens with one attached hydrogen (secondary N) is 1. The molecule has 6 heteroatoms. The minimum atomic E-state index is -0.993. The minimum Gasteiger partial charge on any atom is -0.465 e. The highest BCUT2D eigenvalue weighted by Gasteiger charge is 2.41. The van der Waals surface area contributed by atoms with Crippen molar-refractivity contribution in [3.63, 3.8) is 0 Å². The minimum absolute atomic E-state index is 0.0774. The fourth-order valence-electron chi connectivity index (χ4n) is 2.63. The molecule has 90 valence electrons. The Balaban J connectivity index is 2.15. The van der Waals surface area contributed by atoms with Crippen LogP contribution in [0.3, 0.4) is 0 Å². The molecular weight excluding hydrogens is 228 g/mol. The number of carboxylic acid groups (broad SMARTS) is 1. The zero-order valence-corrected chi connectivity index (χ0v) is 9.74. The van der Waals surface area contributed by atoms with Crippen LogP contribution in [0.2, 0.25) is 0 Å². The summed E-state index contributed by atoms with van der Waals surface area (Å²) in [6.07, 6.45) is 3.05. The van der Waals surface area contributed by atoms with Crippen molar-refractivity contribution in [2.75, 3.05) is 5.75 Å². The zero-order chi connectivity index (χ0) is 11.5. The van der Waals surface area contributed by atoms with E-state index in [4.69, 9.17) is 10.3 Å². The molecule has 3 N–H and O–H groups in total. The summed E-state index contributed by atoms with van der Waals surface area (Å²) in [5.41, 5.74) is 0.770. The third kappa shape index (κ3) is 2.26. The second-order valence-corrected chi connectivity index (χ2v) is 5.56. The molecule has 2 aliphatic rings. The summed E-state index contributed by atoms with van der Waals surface area (Å²) >= 11 is 1.79. The average Bonchev–Trinajstić information content (AvgIpc) is 2.51. The van der Waals surface area contributed by atoms with Crippen LogP contribution < -0.4 is 5.32 Å². The first kappa shape index (κ1) is 11.6. The zero-order valence-electron chi connectivity index (χ0n) is 8.93. The van der Waals surface area contributed by atoms with E-state index in [0.717, 1.165) is 37.1 Å². The van der Waals surface area contributed by atoms with Crippen LogP contribution in [0.1, 0.15) is 25.7 Å². The molecule has 0 radical (unpaired) electrons. The topological polar surface area (TPSA) is 81.9 Å². The number of rotatable bonds is 1. The van der Waals surface area contributed by atoms with Crippen LogP contribution in [0.25, 0.3) is 0 Å². The van der Waals surface area contributed by atoms with Gasteiger partial charge < -0.3 is 15.6 Å². The number of carbonyl (C=O) groups is 1. The Bertz CT molecular complexity index is 308. The number of hydrogen-bond acceptors (Lipinski definition) is 4. The number of thioether (sulfide) groups is 1. The van der Waals surface area contributed by atoms with E-state index in [0.29, 0.717) is 5.25 Å². The summed E-state index contributed by atoms with van der Waals surface area (Å²) in [7, 11) is 0. The number of fused-ring (bicyclic) bond motifs is 1. The smallest absolute Gasteiger partial charge is 0.404 e. The van der Waals surface area contributed by atoms with Gasteiger partial charge in [0.25, 0.3) is 0 Å². The number of oxime groups is 1. The van der Waals surface area contributed by atoms with Gasteiger partial charge in [0.15, 0.2) is 0 Å². The van der Waals surface area contributed by atoms with Gasteiger partial charge in [0.1, 0.15) is 0 Å². The van der Waals surface area contributed by atoms with Crippen LogP contribution in [0, 0.1) is 5.92 Å². The Labute approximate surface area is 98.3 Å². The largest absolute Gasteiger partial charge is 0.465 e. The van der Waals surface area contributed by atoms with Crippen LogP contribution in [0.4, 0.5) is 4.79 Å². The van der Waals surface area contributed by atoms with Gasteiger partial charge in [-0.25, -0.2) is 4.79 Å². The highest BCUT2D eigenvalue weighted by Crippen LogP contribution is 2.39. The predicted octanol–water partition coefficient (Wildman–Crippen LogP) is 1.76. The molecule has 2 fully saturated rings. The molecule has 1 amide bonds. The van der Waals surface area contributed by atoms with E-state index >= 15 is 0 Å². The average molecular weight is 244 g/mol. The third-order valence-electron chi connectivity index (χ3n) is 3.32. The summed E-state index contributed by atoms with van der Waals surface area (Å²) < 4.78 is 0. The maximum absolute atomic E-state index is 10.7. The van der Waals surface area contributed by atoms with Gasteiger partial charge in [0.2, 0.25) is 0 Å². The van der Waals surface area contributed by atoms with Crippen LogP contribution >= 0.6 is 11.8 Å². The van der Waals surface area contributed by atoms with E-state index in [1.165, 1.54) is 0 Å². The van der Waals surface area contributed by atoms with E-state index in [1.54, 1.807) is 11.8 Å². The summed E-state index contributed by atoms with van der Waals surface area (Å²) in [4.78, 5) is 10.7. The maximum atomic E-state index is 10.7. The van der Waals surface area contributed by atoms with E-state index in [-0.39, 0.29) is 12.0 Å². The molecule has 2 rings (SSSR count). The fraction of sp³-hybridized carbons (Fsp3) is 0.800. The Morgan fingerprint density at radius 2 is 2.31 bits per heavy atom. The Hall–Kier alpha value is -0.910. The van der Waals surface area contributed by atoms with Crippen molar-refractivity contribution in [2.24, 2.45) is 11.1 Å². The summed E-state index contributed by atoms with van der Waals surface area (Å²) in [6, 6.07) is -0.100. The molecule has 0 aromatic carbocycles. The maximum Gasteiger partial charge on any atom is 0.404 e. The van der Waals surface area contributed by atoms with Crippen molar-refractivity contribution in [3.8, 4) is 0 Å². The first-order valence-corrected chi connectivity index (χ1v) is 6.59. The van der Waals surface area contributed by atoms with Crippen molar-refractivity contribution >= 4 is 23.6 Å². The normalized spacial score (nSPS) is 36.8. The number of hydrogen-bond donors (Lipinski definition) is 3. The second-order valence-electron chi connectivity index (χ2n) is 4.29. The highest BCUT2D eigenvalue weighted by atomic mass is 32.2. The fourth-order valence-corrected chi connectivity index (χ4v) is 4.26. The SMILES string of the molecule is O=C(O)NC1CSC2CCCCC(=NO)C12. The molecule has 1 heterocycles. The molecule has 3 unspecified atom stereocenters. The Morgan fingerprint density at radius 1 is 1.50 bits per heavy atom. The third-order valence-corrected chi connectivity index (χ3v) is 4.83. The molecular formula is C10H16N2O3S. The van der Waals surface area contributed by atoms with Crippen LogP contribution in [0.5, 0.6) is 0 Å². The quantitative estimate of drug-likeness (QED) is 0.485. The van der Waals surface area contributed by atoms with Crippen LogP contribution in [-0.2, 0) is 0 Å². The van der Waals surface area contributed by atoms with Gasteiger partial charge in [-0.05, 0) is 19.3 Å². The Morgan fingerprint density at radius 3 is 3.00 bits per heavy atom. The van der Waals surface area contributed by atoms with Gasteiger partial charge in [0, 0.05) is 16.9 Å². The monoisotopic (exact) mass is 244 g/mol. The van der Waals surface area contributed by atoms with E-state index < -0.39 is 6.09 Å². The predicted molar refractivity (Wildman–Crippen MR) is 62.4 cm³/mol. The van der Waals surface area contributed by atoms with Crippen molar-refractivity contribution in [2.45, 2.75) is 37.0 Å². The molecule has 3 atom stereocenters. The molecule has 16 heavy (non-hydrogen) atoms. The standard InChI is InChI=1S/C10H16N2O3S/c13-10(14)11-7-5-16-8-4-2-1-3-6(12-15)9(7)8/h7-9,11,15H,1-5H2,(H,13,14). The van der Waals surface area contributed by atoms with Crippen molar-refractivity contribution in [1.29, 1.82) is 0 Å². The van der Waals surface area contributed by atoms with E-state index in [9.17, 15) is 4.79 Å². The molecule has 0 bridgehead atoms. The van der Waals surface area contributed by atoms with Crippen LogP contribution in [0.15, 0.2) is 5.16 Å². The van der Waals surface area contributed by atoms with E-state index in [2.05, 4.69) is 10.5 Å². The molecule has 1 aliphatic carbocycles. The lowest BCUT2D eigenvalue weighted by Crippen LogP contribution is -2.43. The summed E-state index contributed by atoms with van der Waals surface area (Å²) in [5, 5.41) is 24.1. The van der Waals surface area contributed by atoms with Gasteiger partial charge in [-0.1, -0.05) is 11.6 Å². The summed E-state index contributed by atoms with van der Waals surface area (Å²) in [5.74, 6) is 0.856. The van der Waals surface area contributed by atoms with Crippen molar-refractivity contribution < 1.29 is 15.1 Å². The molecule has 0 aromatic rings. The van der Waals surface area contributed by atoms with Gasteiger partial charge in [-0.3, -0.25) is 0 Å². The second kappa shape index (κ2) is 4.95. The van der Waals surface area contributed by atoms with Gasteiger partial charge in [0.05, 0.1) is 11.8 Å². The first-order valence-electron chi connectivity index (χ1n) is 5.54. The van der Waals surface area contributed by atoms with Crippen LogP contribution in [-0.4, -0.2) is 39.2 Å². The molecule has 1 aliphatic heterocycles. The Kier molecular flexibility index (Phi) is 3.58. The lowest BCUT2D eigenvalue weighted by Gasteiger charge is -2.22. The molecule has 0 aromatic heterocycles.